The van der Waals surface area contributed by atoms with E-state index in [9.17, 15) is 5.11 Å². The minimum atomic E-state index is -1.25. The molecule has 0 amide bonds. The fraction of sp³-hybridized carbons (Fsp3) is 0.320. The van der Waals surface area contributed by atoms with E-state index in [4.69, 9.17) is 4.98 Å². The van der Waals surface area contributed by atoms with Crippen molar-refractivity contribution < 1.29 is 5.11 Å². The summed E-state index contributed by atoms with van der Waals surface area (Å²) in [5, 5.41) is 12.3. The van der Waals surface area contributed by atoms with Gasteiger partial charge >= 0.3 is 0 Å². The molecule has 144 valence electrons. The third kappa shape index (κ3) is 3.43. The van der Waals surface area contributed by atoms with Crippen molar-refractivity contribution in [1.29, 1.82) is 0 Å². The molecule has 1 N–H and O–H groups in total. The topological polar surface area (TPSA) is 36.4 Å². The highest BCUT2D eigenvalue weighted by Gasteiger charge is 2.37. The molecule has 28 heavy (non-hydrogen) atoms. The minimum Gasteiger partial charge on any atom is -0.376 e. The highest BCUT2D eigenvalue weighted by atomic mass is 16.3. The third-order valence-electron chi connectivity index (χ3n) is 5.77. The summed E-state index contributed by atoms with van der Waals surface area (Å²) in [5.74, 6) is 0.894. The Labute approximate surface area is 167 Å². The van der Waals surface area contributed by atoms with Gasteiger partial charge in [0.05, 0.1) is 0 Å². The number of piperidine rings is 1. The number of rotatable bonds is 4. The molecule has 0 bridgehead atoms. The lowest BCUT2D eigenvalue weighted by Gasteiger charge is -2.36. The fourth-order valence-corrected chi connectivity index (χ4v) is 4.10. The van der Waals surface area contributed by atoms with Gasteiger partial charge in [-0.25, -0.2) is 4.98 Å². The number of anilines is 1. The molecule has 0 aliphatic carbocycles. The largest absolute Gasteiger partial charge is 0.376 e. The van der Waals surface area contributed by atoms with Crippen LogP contribution in [0.2, 0.25) is 0 Å². The first-order chi connectivity index (χ1) is 13.6. The van der Waals surface area contributed by atoms with E-state index in [1.54, 1.807) is 0 Å². The van der Waals surface area contributed by atoms with Gasteiger partial charge in [0.1, 0.15) is 11.4 Å². The van der Waals surface area contributed by atoms with Gasteiger partial charge < -0.3 is 10.0 Å². The van der Waals surface area contributed by atoms with Gasteiger partial charge in [-0.05, 0) is 50.3 Å². The van der Waals surface area contributed by atoms with E-state index in [2.05, 4.69) is 43.0 Å². The molecule has 1 aromatic heterocycles. The van der Waals surface area contributed by atoms with E-state index >= 15 is 0 Å². The lowest BCUT2D eigenvalue weighted by Crippen LogP contribution is -2.36. The second-order valence-corrected chi connectivity index (χ2v) is 7.86. The summed E-state index contributed by atoms with van der Waals surface area (Å²) in [4.78, 5) is 7.05. The van der Waals surface area contributed by atoms with Crippen molar-refractivity contribution in [3.8, 4) is 0 Å². The standard InChI is InChI=1S/C25H28N2O/c1-19-8-12-21(13-9-19)25(28,22-14-10-20(2)11-15-22)23-7-6-16-26-24(23)27-17-4-3-5-18-27/h6-16,28H,3-5,17-18H2,1-2H3. The van der Waals surface area contributed by atoms with Crippen LogP contribution < -0.4 is 4.90 Å². The van der Waals surface area contributed by atoms with Crippen LogP contribution in [0.3, 0.4) is 0 Å². The van der Waals surface area contributed by atoms with Crippen molar-refractivity contribution in [3.05, 3.63) is 94.7 Å². The Kier molecular flexibility index (Phi) is 5.19. The van der Waals surface area contributed by atoms with Crippen molar-refractivity contribution in [2.75, 3.05) is 18.0 Å². The maximum absolute atomic E-state index is 12.3. The van der Waals surface area contributed by atoms with E-state index < -0.39 is 5.60 Å². The molecule has 1 aliphatic rings. The molecule has 2 aromatic carbocycles. The van der Waals surface area contributed by atoms with Crippen LogP contribution in [0, 0.1) is 13.8 Å². The Bertz CT molecular complexity index is 880. The van der Waals surface area contributed by atoms with Gasteiger partial charge in [0.25, 0.3) is 0 Å². The van der Waals surface area contributed by atoms with Crippen LogP contribution in [0.1, 0.15) is 47.1 Å². The Balaban J connectivity index is 1.91. The van der Waals surface area contributed by atoms with Crippen LogP contribution in [-0.2, 0) is 5.60 Å². The van der Waals surface area contributed by atoms with Gasteiger partial charge in [0.15, 0.2) is 0 Å². The number of pyridine rings is 1. The zero-order valence-electron chi connectivity index (χ0n) is 16.7. The summed E-state index contributed by atoms with van der Waals surface area (Å²) in [7, 11) is 0. The molecule has 0 atom stereocenters. The molecular weight excluding hydrogens is 344 g/mol. The van der Waals surface area contributed by atoms with Gasteiger partial charge in [-0.15, -0.1) is 0 Å². The van der Waals surface area contributed by atoms with Crippen LogP contribution in [0.4, 0.5) is 5.82 Å². The first-order valence-electron chi connectivity index (χ1n) is 10.2. The molecule has 3 nitrogen and oxygen atoms in total. The van der Waals surface area contributed by atoms with Crippen LogP contribution in [0.15, 0.2) is 66.9 Å². The predicted octanol–water partition coefficient (Wildman–Crippen LogP) is 4.97. The SMILES string of the molecule is Cc1ccc(C(O)(c2ccc(C)cc2)c2cccnc2N2CCCCC2)cc1. The Morgan fingerprint density at radius 2 is 1.32 bits per heavy atom. The molecule has 0 spiro atoms. The van der Waals surface area contributed by atoms with Gasteiger partial charge in [-0.2, -0.15) is 0 Å². The van der Waals surface area contributed by atoms with Gasteiger partial charge in [-0.3, -0.25) is 0 Å². The van der Waals surface area contributed by atoms with Crippen LogP contribution in [0.25, 0.3) is 0 Å². The molecular formula is C25H28N2O. The predicted molar refractivity (Wildman–Crippen MR) is 115 cm³/mol. The first kappa shape index (κ1) is 18.7. The number of nitrogens with zero attached hydrogens (tertiary/aromatic N) is 2. The maximum Gasteiger partial charge on any atom is 0.144 e. The Hall–Kier alpha value is -2.65. The lowest BCUT2D eigenvalue weighted by molar-refractivity contribution is 0.125. The van der Waals surface area contributed by atoms with Crippen LogP contribution in [-0.4, -0.2) is 23.2 Å². The average molecular weight is 373 g/mol. The lowest BCUT2D eigenvalue weighted by atomic mass is 9.79. The summed E-state index contributed by atoms with van der Waals surface area (Å²) in [6.45, 7) is 6.11. The smallest absolute Gasteiger partial charge is 0.144 e. The zero-order valence-corrected chi connectivity index (χ0v) is 16.7. The second kappa shape index (κ2) is 7.76. The van der Waals surface area contributed by atoms with Gasteiger partial charge in [0, 0.05) is 24.8 Å². The normalized spacial score (nSPS) is 14.9. The minimum absolute atomic E-state index is 0.851. The summed E-state index contributed by atoms with van der Waals surface area (Å²) in [6, 6.07) is 20.3. The highest BCUT2D eigenvalue weighted by molar-refractivity contribution is 5.58. The van der Waals surface area contributed by atoms with Crippen LogP contribution >= 0.6 is 0 Å². The quantitative estimate of drug-likeness (QED) is 0.702. The van der Waals surface area contributed by atoms with Crippen molar-refractivity contribution in [2.24, 2.45) is 0 Å². The average Bonchev–Trinajstić information content (AvgIpc) is 2.75. The molecule has 3 heteroatoms. The molecule has 4 rings (SSSR count). The maximum atomic E-state index is 12.3. The zero-order chi connectivity index (χ0) is 19.6. The second-order valence-electron chi connectivity index (χ2n) is 7.86. The molecule has 0 unspecified atom stereocenters. The summed E-state index contributed by atoms with van der Waals surface area (Å²) in [6.07, 6.45) is 5.43. The van der Waals surface area contributed by atoms with Crippen LogP contribution in [0.5, 0.6) is 0 Å². The number of aromatic nitrogens is 1. The number of aliphatic hydroxyl groups is 1. The highest BCUT2D eigenvalue weighted by Crippen LogP contribution is 2.41. The summed E-state index contributed by atoms with van der Waals surface area (Å²) < 4.78 is 0. The summed E-state index contributed by atoms with van der Waals surface area (Å²) in [5.41, 5.74) is 3.70. The van der Waals surface area contributed by atoms with E-state index in [1.165, 1.54) is 30.4 Å². The van der Waals surface area contributed by atoms with Gasteiger partial charge in [-0.1, -0.05) is 65.7 Å². The van der Waals surface area contributed by atoms with E-state index in [1.807, 2.05) is 42.6 Å². The first-order valence-corrected chi connectivity index (χ1v) is 10.2. The number of aryl methyl sites for hydroxylation is 2. The molecule has 2 heterocycles. The Morgan fingerprint density at radius 3 is 1.86 bits per heavy atom. The number of hydrogen-bond donors (Lipinski definition) is 1. The number of hydrogen-bond acceptors (Lipinski definition) is 3. The van der Waals surface area contributed by atoms with Crippen molar-refractivity contribution in [3.63, 3.8) is 0 Å². The molecule has 0 saturated carbocycles. The Morgan fingerprint density at radius 1 is 0.786 bits per heavy atom. The fourth-order valence-electron chi connectivity index (χ4n) is 4.10. The monoisotopic (exact) mass is 372 g/mol. The van der Waals surface area contributed by atoms with E-state index in [0.717, 1.165) is 35.6 Å². The van der Waals surface area contributed by atoms with Gasteiger partial charge in [0.2, 0.25) is 0 Å². The molecule has 1 aliphatic heterocycles. The molecule has 1 fully saturated rings. The van der Waals surface area contributed by atoms with E-state index in [-0.39, 0.29) is 0 Å². The summed E-state index contributed by atoms with van der Waals surface area (Å²) >= 11 is 0. The van der Waals surface area contributed by atoms with Crippen molar-refractivity contribution in [2.45, 2.75) is 38.7 Å². The van der Waals surface area contributed by atoms with Crippen molar-refractivity contribution >= 4 is 5.82 Å². The third-order valence-corrected chi connectivity index (χ3v) is 5.77. The molecule has 3 aromatic rings. The van der Waals surface area contributed by atoms with Crippen molar-refractivity contribution in [1.82, 2.24) is 4.98 Å². The molecule has 1 saturated heterocycles. The number of benzene rings is 2. The van der Waals surface area contributed by atoms with E-state index in [0.29, 0.717) is 0 Å². The molecule has 0 radical (unpaired) electrons.